The summed E-state index contributed by atoms with van der Waals surface area (Å²) in [5.41, 5.74) is 3.09. The van der Waals surface area contributed by atoms with E-state index in [4.69, 9.17) is 9.47 Å². The van der Waals surface area contributed by atoms with Crippen LogP contribution in [-0.2, 0) is 19.1 Å². The van der Waals surface area contributed by atoms with E-state index in [1.165, 1.54) is 14.2 Å². The predicted molar refractivity (Wildman–Crippen MR) is 122 cm³/mol. The minimum Gasteiger partial charge on any atom is -0.468 e. The Morgan fingerprint density at radius 3 is 2.42 bits per heavy atom. The Balaban J connectivity index is 1.82. The van der Waals surface area contributed by atoms with E-state index in [1.807, 2.05) is 36.4 Å². The van der Waals surface area contributed by atoms with Gasteiger partial charge in [-0.25, -0.2) is 4.79 Å². The van der Waals surface area contributed by atoms with Gasteiger partial charge in [-0.1, -0.05) is 54.6 Å². The van der Waals surface area contributed by atoms with Gasteiger partial charge in [-0.15, -0.1) is 0 Å². The number of anilines is 1. The van der Waals surface area contributed by atoms with Crippen molar-refractivity contribution < 1.29 is 23.9 Å². The molecule has 0 N–H and O–H groups in total. The maximum absolute atomic E-state index is 13.9. The van der Waals surface area contributed by atoms with E-state index in [-0.39, 0.29) is 11.4 Å². The third kappa shape index (κ3) is 3.12. The van der Waals surface area contributed by atoms with Crippen LogP contribution >= 0.6 is 0 Å². The van der Waals surface area contributed by atoms with E-state index in [9.17, 15) is 14.4 Å². The lowest BCUT2D eigenvalue weighted by atomic mass is 9.88. The predicted octanol–water partition coefficient (Wildman–Crippen LogP) is 3.55. The van der Waals surface area contributed by atoms with Crippen LogP contribution in [0.4, 0.5) is 5.69 Å². The summed E-state index contributed by atoms with van der Waals surface area (Å²) in [6, 6.07) is 15.3. The molecule has 1 aromatic heterocycles. The molecule has 0 saturated carbocycles. The first-order valence-corrected chi connectivity index (χ1v) is 10.4. The van der Waals surface area contributed by atoms with Crippen molar-refractivity contribution in [3.8, 4) is 0 Å². The average Bonchev–Trinajstić information content (AvgIpc) is 3.22. The molecule has 2 atom stereocenters. The number of ketones is 1. The number of methoxy groups -OCH3 is 2. The molecule has 5 rings (SSSR count). The molecule has 0 unspecified atom stereocenters. The topological polar surface area (TPSA) is 85.8 Å². The molecule has 164 valence electrons. The second kappa shape index (κ2) is 8.02. The lowest BCUT2D eigenvalue weighted by Gasteiger charge is -2.33. The van der Waals surface area contributed by atoms with Crippen molar-refractivity contribution in [2.45, 2.75) is 6.04 Å². The van der Waals surface area contributed by atoms with E-state index in [1.54, 1.807) is 41.4 Å². The molecule has 0 bridgehead atoms. The van der Waals surface area contributed by atoms with Crippen LogP contribution in [0.1, 0.15) is 15.9 Å². The summed E-state index contributed by atoms with van der Waals surface area (Å²) in [6.07, 6.45) is 5.26. The number of pyridine rings is 1. The first-order chi connectivity index (χ1) is 16.1. The maximum Gasteiger partial charge on any atom is 0.336 e. The highest BCUT2D eigenvalue weighted by atomic mass is 16.5. The monoisotopic (exact) mass is 440 g/mol. The Morgan fingerprint density at radius 1 is 0.909 bits per heavy atom. The molecule has 3 heterocycles. The van der Waals surface area contributed by atoms with Crippen LogP contribution < -0.4 is 4.90 Å². The lowest BCUT2D eigenvalue weighted by Crippen LogP contribution is -2.45. The van der Waals surface area contributed by atoms with Gasteiger partial charge in [0.15, 0.2) is 5.78 Å². The Labute approximate surface area is 189 Å². The Hall–Kier alpha value is -4.26. The van der Waals surface area contributed by atoms with Crippen LogP contribution in [0.3, 0.4) is 0 Å². The third-order valence-corrected chi connectivity index (χ3v) is 6.07. The number of hydrogen-bond donors (Lipinski definition) is 0. The van der Waals surface area contributed by atoms with Crippen LogP contribution in [0, 0.1) is 5.92 Å². The molecule has 0 radical (unpaired) electrons. The fourth-order valence-electron chi connectivity index (χ4n) is 4.63. The van der Waals surface area contributed by atoms with E-state index in [2.05, 4.69) is 4.98 Å². The molecule has 7 nitrogen and oxygen atoms in total. The number of rotatable bonds is 4. The van der Waals surface area contributed by atoms with Gasteiger partial charge in [-0.2, -0.15) is 0 Å². The lowest BCUT2D eigenvalue weighted by molar-refractivity contribution is -0.147. The van der Waals surface area contributed by atoms with Gasteiger partial charge < -0.3 is 14.4 Å². The van der Waals surface area contributed by atoms with Gasteiger partial charge in [-0.3, -0.25) is 14.6 Å². The second-order valence-electron chi connectivity index (χ2n) is 7.75. The van der Waals surface area contributed by atoms with E-state index >= 15 is 0 Å². The van der Waals surface area contributed by atoms with Crippen LogP contribution in [0.5, 0.6) is 0 Å². The number of esters is 2. The molecule has 2 aliphatic heterocycles. The number of nitrogens with zero attached hydrogens (tertiary/aromatic N) is 2. The van der Waals surface area contributed by atoms with Crippen molar-refractivity contribution >= 4 is 40.4 Å². The summed E-state index contributed by atoms with van der Waals surface area (Å²) in [4.78, 5) is 46.1. The zero-order chi connectivity index (χ0) is 23.1. The van der Waals surface area contributed by atoms with Crippen molar-refractivity contribution in [1.29, 1.82) is 0 Å². The van der Waals surface area contributed by atoms with Crippen molar-refractivity contribution in [2.24, 2.45) is 5.92 Å². The first-order valence-electron chi connectivity index (χ1n) is 10.4. The third-order valence-electron chi connectivity index (χ3n) is 6.07. The molecule has 33 heavy (non-hydrogen) atoms. The first kappa shape index (κ1) is 20.6. The summed E-state index contributed by atoms with van der Waals surface area (Å²) in [5.74, 6) is -2.85. The molecular formula is C26H20N2O5. The number of fused-ring (bicyclic) bond motifs is 5. The molecule has 0 saturated heterocycles. The van der Waals surface area contributed by atoms with E-state index < -0.39 is 23.9 Å². The number of ether oxygens (including phenoxy) is 2. The standard InChI is InChI=1S/C26H20N2O5/c1-32-25(30)19-18-13-12-16-11-10-15-9-6-14-27-21(15)22(16)28(18)23(20(19)26(31)33-2)24(29)17-7-4-3-5-8-17/h3-14,20,23H,1-2H3/t20-,23-/m1/s1. The highest BCUT2D eigenvalue weighted by Gasteiger charge is 2.53. The number of carbonyl (C=O) groups excluding carboxylic acids is 3. The molecular weight excluding hydrogens is 420 g/mol. The van der Waals surface area contributed by atoms with Crippen molar-refractivity contribution in [3.63, 3.8) is 0 Å². The van der Waals surface area contributed by atoms with Gasteiger partial charge in [0, 0.05) is 22.7 Å². The van der Waals surface area contributed by atoms with Gasteiger partial charge >= 0.3 is 11.9 Å². The second-order valence-corrected chi connectivity index (χ2v) is 7.75. The Morgan fingerprint density at radius 2 is 1.70 bits per heavy atom. The summed E-state index contributed by atoms with van der Waals surface area (Å²) in [7, 11) is 2.49. The average molecular weight is 440 g/mol. The molecule has 0 aliphatic carbocycles. The van der Waals surface area contributed by atoms with E-state index in [0.29, 0.717) is 22.5 Å². The maximum atomic E-state index is 13.9. The van der Waals surface area contributed by atoms with Crippen LogP contribution in [0.25, 0.3) is 17.0 Å². The fourth-order valence-corrected chi connectivity index (χ4v) is 4.63. The quantitative estimate of drug-likeness (QED) is 0.453. The molecule has 0 spiro atoms. The molecule has 0 amide bonds. The van der Waals surface area contributed by atoms with Crippen molar-refractivity contribution in [3.05, 3.63) is 89.3 Å². The zero-order valence-corrected chi connectivity index (χ0v) is 18.0. The molecule has 3 aromatic rings. The largest absolute Gasteiger partial charge is 0.468 e. The highest BCUT2D eigenvalue weighted by Crippen LogP contribution is 2.47. The SMILES string of the molecule is COC(=O)C1=C2C=Cc3ccc4cccnc4c3N2[C@@H](C(=O)c2ccccc2)[C@@H]1C(=O)OC. The van der Waals surface area contributed by atoms with Crippen LogP contribution in [0.15, 0.2) is 78.1 Å². The number of Topliss-reactive ketones (excluding diaryl/α,β-unsaturated/α-hetero) is 1. The summed E-state index contributed by atoms with van der Waals surface area (Å²) < 4.78 is 10.1. The van der Waals surface area contributed by atoms with Gasteiger partial charge in [0.2, 0.25) is 0 Å². The van der Waals surface area contributed by atoms with Gasteiger partial charge in [0.05, 0.1) is 36.7 Å². The number of carbonyl (C=O) groups is 3. The smallest absolute Gasteiger partial charge is 0.336 e. The van der Waals surface area contributed by atoms with Gasteiger partial charge in [0.1, 0.15) is 12.0 Å². The van der Waals surface area contributed by atoms with Crippen molar-refractivity contribution in [2.75, 3.05) is 19.1 Å². The zero-order valence-electron chi connectivity index (χ0n) is 18.0. The number of aromatic nitrogens is 1. The molecule has 7 heteroatoms. The normalized spacial score (nSPS) is 18.7. The molecule has 0 fully saturated rings. The molecule has 2 aromatic carbocycles. The fraction of sp³-hybridized carbons (Fsp3) is 0.154. The number of allylic oxidation sites excluding steroid dienone is 1. The number of hydrogen-bond acceptors (Lipinski definition) is 7. The van der Waals surface area contributed by atoms with Crippen LogP contribution in [-0.4, -0.2) is 43.0 Å². The van der Waals surface area contributed by atoms with Gasteiger partial charge in [-0.05, 0) is 12.1 Å². The highest BCUT2D eigenvalue weighted by molar-refractivity contribution is 6.13. The molecule has 2 aliphatic rings. The van der Waals surface area contributed by atoms with Crippen LogP contribution in [0.2, 0.25) is 0 Å². The van der Waals surface area contributed by atoms with E-state index in [0.717, 1.165) is 10.9 Å². The minimum absolute atomic E-state index is 0.0912. The Bertz CT molecular complexity index is 1360. The summed E-state index contributed by atoms with van der Waals surface area (Å²) in [6.45, 7) is 0. The van der Waals surface area contributed by atoms with Gasteiger partial charge in [0.25, 0.3) is 0 Å². The summed E-state index contributed by atoms with van der Waals surface area (Å²) >= 11 is 0. The minimum atomic E-state index is -1.17. The number of benzene rings is 2. The Kier molecular flexibility index (Phi) is 5.01. The van der Waals surface area contributed by atoms with Crippen molar-refractivity contribution in [1.82, 2.24) is 4.98 Å². The summed E-state index contributed by atoms with van der Waals surface area (Å²) in [5, 5.41) is 0.873.